The number of carbonyl (C=O) groups excluding carboxylic acids is 1. The second-order valence-electron chi connectivity index (χ2n) is 5.84. The number of pyridine rings is 2. The van der Waals surface area contributed by atoms with E-state index in [1.54, 1.807) is 42.6 Å². The number of nitrogens with two attached hydrogens (primary N) is 1. The third-order valence-corrected chi connectivity index (χ3v) is 4.46. The maximum atomic E-state index is 15.4. The van der Waals surface area contributed by atoms with Gasteiger partial charge in [-0.2, -0.15) is 5.10 Å². The number of hydrogen-bond donors (Lipinski definition) is 2. The Morgan fingerprint density at radius 3 is 2.50 bits per heavy atom. The Bertz CT molecular complexity index is 1040. The van der Waals surface area contributed by atoms with Crippen LogP contribution < -0.4 is 5.73 Å². The van der Waals surface area contributed by atoms with Gasteiger partial charge in [0.15, 0.2) is 5.82 Å². The van der Waals surface area contributed by atoms with Crippen LogP contribution in [0.2, 0.25) is 0 Å². The van der Waals surface area contributed by atoms with Gasteiger partial charge in [-0.05, 0) is 17.2 Å². The normalized spacial score (nSPS) is 13.4. The average molecular weight is 347 g/mol. The fourth-order valence-electron chi connectivity index (χ4n) is 3.26. The topological polar surface area (TPSA) is 97.5 Å². The molecule has 4 aromatic rings. The first-order chi connectivity index (χ1) is 12.7. The fraction of sp³-hybridized carbons (Fsp3) is 0.0526. The molecule has 0 radical (unpaired) electrons. The molecular weight excluding hydrogens is 333 g/mol. The second-order valence-corrected chi connectivity index (χ2v) is 5.84. The summed E-state index contributed by atoms with van der Waals surface area (Å²) >= 11 is 0. The molecule has 3 N–H and O–H groups in total. The van der Waals surface area contributed by atoms with Crippen LogP contribution >= 0.6 is 0 Å². The SMILES string of the molecule is NC(=O)C(c1ccccc1)(c1cccnc1)c1ncc2[nH]ncc2c1F. The van der Waals surface area contributed by atoms with Crippen molar-refractivity contribution < 1.29 is 9.18 Å². The largest absolute Gasteiger partial charge is 0.368 e. The zero-order valence-electron chi connectivity index (χ0n) is 13.6. The van der Waals surface area contributed by atoms with Crippen LogP contribution in [0.25, 0.3) is 10.9 Å². The van der Waals surface area contributed by atoms with E-state index in [1.165, 1.54) is 18.6 Å². The molecule has 26 heavy (non-hydrogen) atoms. The number of amides is 1. The average Bonchev–Trinajstić information content (AvgIpc) is 3.15. The number of aromatic amines is 1. The van der Waals surface area contributed by atoms with Crippen LogP contribution in [0.15, 0.2) is 67.3 Å². The highest BCUT2D eigenvalue weighted by Gasteiger charge is 2.46. The number of primary amides is 1. The van der Waals surface area contributed by atoms with Crippen molar-refractivity contribution in [2.45, 2.75) is 5.41 Å². The number of H-pyrrole nitrogens is 1. The third kappa shape index (κ3) is 2.17. The molecule has 128 valence electrons. The van der Waals surface area contributed by atoms with Crippen LogP contribution in [0, 0.1) is 5.82 Å². The summed E-state index contributed by atoms with van der Waals surface area (Å²) in [7, 11) is 0. The first-order valence-electron chi connectivity index (χ1n) is 7.89. The van der Waals surface area contributed by atoms with Gasteiger partial charge in [0.25, 0.3) is 0 Å². The van der Waals surface area contributed by atoms with Crippen molar-refractivity contribution in [1.82, 2.24) is 20.2 Å². The number of nitrogens with zero attached hydrogens (tertiary/aromatic N) is 3. The zero-order chi connectivity index (χ0) is 18.1. The Kier molecular flexibility index (Phi) is 3.69. The van der Waals surface area contributed by atoms with Crippen molar-refractivity contribution in [3.05, 3.63) is 89.9 Å². The summed E-state index contributed by atoms with van der Waals surface area (Å²) in [6, 6.07) is 12.1. The Balaban J connectivity index is 2.14. The van der Waals surface area contributed by atoms with E-state index in [0.717, 1.165) is 0 Å². The minimum absolute atomic E-state index is 0.0851. The summed E-state index contributed by atoms with van der Waals surface area (Å²) in [6.45, 7) is 0. The van der Waals surface area contributed by atoms with Crippen LogP contribution in [0.1, 0.15) is 16.8 Å². The lowest BCUT2D eigenvalue weighted by atomic mass is 9.71. The van der Waals surface area contributed by atoms with Crippen molar-refractivity contribution in [3.63, 3.8) is 0 Å². The van der Waals surface area contributed by atoms with E-state index in [-0.39, 0.29) is 11.1 Å². The first-order valence-corrected chi connectivity index (χ1v) is 7.89. The predicted octanol–water partition coefficient (Wildman–Crippen LogP) is 2.31. The highest BCUT2D eigenvalue weighted by atomic mass is 19.1. The highest BCUT2D eigenvalue weighted by Crippen LogP contribution is 2.40. The quantitative estimate of drug-likeness (QED) is 0.592. The Morgan fingerprint density at radius 1 is 1.04 bits per heavy atom. The zero-order valence-corrected chi connectivity index (χ0v) is 13.6. The van der Waals surface area contributed by atoms with E-state index < -0.39 is 17.1 Å². The van der Waals surface area contributed by atoms with Crippen molar-refractivity contribution in [1.29, 1.82) is 0 Å². The lowest BCUT2D eigenvalue weighted by Crippen LogP contribution is -2.45. The Hall–Kier alpha value is -3.61. The molecule has 0 aliphatic carbocycles. The van der Waals surface area contributed by atoms with Gasteiger partial charge in [0.1, 0.15) is 11.1 Å². The number of aromatic nitrogens is 4. The minimum Gasteiger partial charge on any atom is -0.368 e. The summed E-state index contributed by atoms with van der Waals surface area (Å²) in [5, 5.41) is 6.75. The number of rotatable bonds is 4. The van der Waals surface area contributed by atoms with Crippen LogP contribution in [-0.4, -0.2) is 26.1 Å². The molecule has 6 nitrogen and oxygen atoms in total. The molecule has 3 aromatic heterocycles. The molecule has 0 aliphatic heterocycles. The number of hydrogen-bond acceptors (Lipinski definition) is 4. The minimum atomic E-state index is -1.62. The van der Waals surface area contributed by atoms with Gasteiger partial charge in [0.05, 0.1) is 23.3 Å². The van der Waals surface area contributed by atoms with Crippen LogP contribution in [0.3, 0.4) is 0 Å². The summed E-state index contributed by atoms with van der Waals surface area (Å²) in [6.07, 6.45) is 5.87. The van der Waals surface area contributed by atoms with E-state index in [9.17, 15) is 4.79 Å². The number of halogens is 1. The van der Waals surface area contributed by atoms with Crippen molar-refractivity contribution in [2.75, 3.05) is 0 Å². The molecule has 0 spiro atoms. The molecule has 7 heteroatoms. The van der Waals surface area contributed by atoms with Crippen LogP contribution in [0.5, 0.6) is 0 Å². The highest BCUT2D eigenvalue weighted by molar-refractivity contribution is 5.95. The molecule has 1 amide bonds. The van der Waals surface area contributed by atoms with Crippen molar-refractivity contribution >= 4 is 16.8 Å². The molecule has 0 saturated carbocycles. The first kappa shape index (κ1) is 15.9. The number of carbonyl (C=O) groups is 1. The smallest absolute Gasteiger partial charge is 0.238 e. The lowest BCUT2D eigenvalue weighted by molar-refractivity contribution is -0.121. The molecular formula is C19H14FN5O. The van der Waals surface area contributed by atoms with Gasteiger partial charge in [-0.15, -0.1) is 0 Å². The van der Waals surface area contributed by atoms with E-state index in [1.807, 2.05) is 6.07 Å². The van der Waals surface area contributed by atoms with E-state index in [0.29, 0.717) is 16.6 Å². The van der Waals surface area contributed by atoms with Gasteiger partial charge < -0.3 is 5.73 Å². The maximum absolute atomic E-state index is 15.4. The van der Waals surface area contributed by atoms with Crippen LogP contribution in [0.4, 0.5) is 4.39 Å². The van der Waals surface area contributed by atoms with Gasteiger partial charge in [-0.25, -0.2) is 4.39 Å². The molecule has 0 bridgehead atoms. The molecule has 1 aromatic carbocycles. The number of nitrogens with one attached hydrogen (secondary N) is 1. The van der Waals surface area contributed by atoms with E-state index >= 15 is 4.39 Å². The molecule has 4 rings (SSSR count). The van der Waals surface area contributed by atoms with Crippen LogP contribution in [-0.2, 0) is 10.2 Å². The standard InChI is InChI=1S/C19H14FN5O/c20-16-14-10-24-25-15(14)11-23-17(16)19(18(21)26,12-5-2-1-3-6-12)13-7-4-8-22-9-13/h1-11H,(H2,21,26)(H,24,25). The second kappa shape index (κ2) is 6.03. The molecule has 0 fully saturated rings. The molecule has 0 saturated heterocycles. The predicted molar refractivity (Wildman–Crippen MR) is 93.6 cm³/mol. The van der Waals surface area contributed by atoms with Gasteiger partial charge >= 0.3 is 0 Å². The summed E-state index contributed by atoms with van der Waals surface area (Å²) in [5.74, 6) is -1.39. The number of fused-ring (bicyclic) bond motifs is 1. The Labute approximate surface area is 147 Å². The lowest BCUT2D eigenvalue weighted by Gasteiger charge is -2.31. The van der Waals surface area contributed by atoms with E-state index in [4.69, 9.17) is 5.73 Å². The molecule has 3 heterocycles. The summed E-state index contributed by atoms with van der Waals surface area (Å²) < 4.78 is 15.4. The Morgan fingerprint density at radius 2 is 1.81 bits per heavy atom. The molecule has 1 unspecified atom stereocenters. The third-order valence-electron chi connectivity index (χ3n) is 4.46. The van der Waals surface area contributed by atoms with Crippen molar-refractivity contribution in [2.24, 2.45) is 5.73 Å². The number of benzene rings is 1. The molecule has 1 atom stereocenters. The van der Waals surface area contributed by atoms with Gasteiger partial charge in [-0.1, -0.05) is 36.4 Å². The van der Waals surface area contributed by atoms with Gasteiger partial charge in [0.2, 0.25) is 5.91 Å². The summed E-state index contributed by atoms with van der Waals surface area (Å²) in [4.78, 5) is 21.2. The summed E-state index contributed by atoms with van der Waals surface area (Å²) in [5.41, 5.74) is 5.54. The van der Waals surface area contributed by atoms with E-state index in [2.05, 4.69) is 20.2 Å². The monoisotopic (exact) mass is 347 g/mol. The fourth-order valence-corrected chi connectivity index (χ4v) is 3.26. The van der Waals surface area contributed by atoms with Gasteiger partial charge in [0, 0.05) is 12.4 Å². The van der Waals surface area contributed by atoms with Gasteiger partial charge in [-0.3, -0.25) is 19.9 Å². The molecule has 0 aliphatic rings. The van der Waals surface area contributed by atoms with Crippen molar-refractivity contribution in [3.8, 4) is 0 Å². The maximum Gasteiger partial charge on any atom is 0.238 e.